The highest BCUT2D eigenvalue weighted by Crippen LogP contribution is 2.06. The van der Waals surface area contributed by atoms with E-state index in [0.717, 1.165) is 18.8 Å². The van der Waals surface area contributed by atoms with Crippen molar-refractivity contribution in [3.63, 3.8) is 0 Å². The maximum Gasteiger partial charge on any atom is 0.0729 e. The van der Waals surface area contributed by atoms with Crippen molar-refractivity contribution < 1.29 is 0 Å². The number of aryl methyl sites for hydroxylation is 1. The molecular weight excluding hydrogens is 188 g/mol. The number of nitrogens with one attached hydrogen (secondary N) is 1. The minimum atomic E-state index is 0.781. The molecule has 2 heterocycles. The van der Waals surface area contributed by atoms with Crippen LogP contribution < -0.4 is 5.32 Å². The number of nitrogens with zero attached hydrogens (tertiary/aromatic N) is 3. The van der Waals surface area contributed by atoms with Gasteiger partial charge in [-0.05, 0) is 18.6 Å². The number of hydrogen-bond donors (Lipinski definition) is 1. The van der Waals surface area contributed by atoms with E-state index in [-0.39, 0.29) is 0 Å². The van der Waals surface area contributed by atoms with Crippen LogP contribution in [0, 0.1) is 0 Å². The van der Waals surface area contributed by atoms with Crippen LogP contribution >= 0.6 is 0 Å². The van der Waals surface area contributed by atoms with Crippen molar-refractivity contribution in [2.75, 3.05) is 5.32 Å². The first-order valence-electron chi connectivity index (χ1n) is 5.03. The molecule has 0 aliphatic carbocycles. The molecule has 2 aromatic rings. The first kappa shape index (κ1) is 9.71. The second-order valence-electron chi connectivity index (χ2n) is 3.30. The van der Waals surface area contributed by atoms with Crippen LogP contribution in [0.25, 0.3) is 0 Å². The molecule has 0 saturated heterocycles. The number of rotatable bonds is 4. The van der Waals surface area contributed by atoms with Crippen LogP contribution in [0.3, 0.4) is 0 Å². The molecule has 15 heavy (non-hydrogen) atoms. The van der Waals surface area contributed by atoms with Crippen molar-refractivity contribution in [3.05, 3.63) is 42.5 Å². The molecule has 4 nitrogen and oxygen atoms in total. The third kappa shape index (κ3) is 2.56. The smallest absolute Gasteiger partial charge is 0.0729 e. The normalized spacial score (nSPS) is 10.2. The Morgan fingerprint density at radius 1 is 1.40 bits per heavy atom. The van der Waals surface area contributed by atoms with E-state index in [0.29, 0.717) is 0 Å². The van der Waals surface area contributed by atoms with Crippen LogP contribution in [0.1, 0.15) is 12.5 Å². The average molecular weight is 202 g/mol. The molecule has 0 atom stereocenters. The van der Waals surface area contributed by atoms with E-state index < -0.39 is 0 Å². The summed E-state index contributed by atoms with van der Waals surface area (Å²) in [4.78, 5) is 4.06. The van der Waals surface area contributed by atoms with Gasteiger partial charge in [-0.3, -0.25) is 9.67 Å². The van der Waals surface area contributed by atoms with Gasteiger partial charge in [0.25, 0.3) is 0 Å². The summed E-state index contributed by atoms with van der Waals surface area (Å²) in [6, 6.07) is 3.98. The van der Waals surface area contributed by atoms with Crippen LogP contribution in [-0.2, 0) is 13.1 Å². The van der Waals surface area contributed by atoms with Crippen LogP contribution in [-0.4, -0.2) is 14.8 Å². The summed E-state index contributed by atoms with van der Waals surface area (Å²) < 4.78 is 1.89. The molecule has 0 aliphatic heterocycles. The van der Waals surface area contributed by atoms with Gasteiger partial charge in [0.15, 0.2) is 0 Å². The largest absolute Gasteiger partial charge is 0.378 e. The maximum atomic E-state index is 4.19. The lowest BCUT2D eigenvalue weighted by molar-refractivity contribution is 0.660. The lowest BCUT2D eigenvalue weighted by atomic mass is 10.3. The third-order valence-electron chi connectivity index (χ3n) is 2.18. The SMILES string of the molecule is CCn1cc(NCc2cccnc2)cn1. The van der Waals surface area contributed by atoms with Crippen LogP contribution in [0.4, 0.5) is 5.69 Å². The van der Waals surface area contributed by atoms with Gasteiger partial charge in [0.1, 0.15) is 0 Å². The summed E-state index contributed by atoms with van der Waals surface area (Å²) in [5.41, 5.74) is 2.21. The van der Waals surface area contributed by atoms with E-state index in [4.69, 9.17) is 0 Å². The van der Waals surface area contributed by atoms with Gasteiger partial charge in [0.05, 0.1) is 11.9 Å². The highest BCUT2D eigenvalue weighted by atomic mass is 15.3. The molecule has 0 radical (unpaired) electrons. The summed E-state index contributed by atoms with van der Waals surface area (Å²) in [5.74, 6) is 0. The minimum Gasteiger partial charge on any atom is -0.378 e. The van der Waals surface area contributed by atoms with Crippen LogP contribution in [0.2, 0.25) is 0 Å². The summed E-state index contributed by atoms with van der Waals surface area (Å²) in [6.07, 6.45) is 7.46. The Morgan fingerprint density at radius 3 is 3.00 bits per heavy atom. The van der Waals surface area contributed by atoms with E-state index in [9.17, 15) is 0 Å². The Bertz CT molecular complexity index is 408. The molecule has 0 spiro atoms. The van der Waals surface area contributed by atoms with Crippen molar-refractivity contribution in [3.8, 4) is 0 Å². The Hall–Kier alpha value is -1.84. The summed E-state index contributed by atoms with van der Waals surface area (Å²) >= 11 is 0. The molecule has 0 fully saturated rings. The zero-order chi connectivity index (χ0) is 10.5. The van der Waals surface area contributed by atoms with E-state index >= 15 is 0 Å². The standard InChI is InChI=1S/C11H14N4/c1-2-15-9-11(8-14-15)13-7-10-4-3-5-12-6-10/h3-6,8-9,13H,2,7H2,1H3. The Kier molecular flexibility index (Phi) is 2.97. The van der Waals surface area contributed by atoms with Crippen molar-refractivity contribution in [2.45, 2.75) is 20.0 Å². The Balaban J connectivity index is 1.93. The number of pyridine rings is 1. The topological polar surface area (TPSA) is 42.7 Å². The Labute approximate surface area is 89.0 Å². The van der Waals surface area contributed by atoms with Crippen LogP contribution in [0.5, 0.6) is 0 Å². The van der Waals surface area contributed by atoms with Gasteiger partial charge >= 0.3 is 0 Å². The van der Waals surface area contributed by atoms with Gasteiger partial charge < -0.3 is 5.32 Å². The molecule has 2 rings (SSSR count). The highest BCUT2D eigenvalue weighted by molar-refractivity contribution is 5.38. The predicted molar refractivity (Wildman–Crippen MR) is 59.5 cm³/mol. The minimum absolute atomic E-state index is 0.781. The number of aromatic nitrogens is 3. The molecule has 0 bridgehead atoms. The molecule has 0 unspecified atom stereocenters. The lowest BCUT2D eigenvalue weighted by Crippen LogP contribution is -1.98. The fraction of sp³-hybridized carbons (Fsp3) is 0.273. The molecule has 0 amide bonds. The van der Waals surface area contributed by atoms with Crippen molar-refractivity contribution >= 4 is 5.69 Å². The predicted octanol–water partition coefficient (Wildman–Crippen LogP) is 1.91. The molecule has 2 aromatic heterocycles. The summed E-state index contributed by atoms with van der Waals surface area (Å²) in [5, 5.41) is 7.48. The monoisotopic (exact) mass is 202 g/mol. The zero-order valence-corrected chi connectivity index (χ0v) is 8.72. The Morgan fingerprint density at radius 2 is 2.33 bits per heavy atom. The summed E-state index contributed by atoms with van der Waals surface area (Å²) in [6.45, 7) is 3.75. The first-order valence-corrected chi connectivity index (χ1v) is 5.03. The van der Waals surface area contributed by atoms with E-state index in [1.165, 1.54) is 5.56 Å². The maximum absolute atomic E-state index is 4.19. The first-order chi connectivity index (χ1) is 7.38. The summed E-state index contributed by atoms with van der Waals surface area (Å²) in [7, 11) is 0. The molecular formula is C11H14N4. The van der Waals surface area contributed by atoms with E-state index in [2.05, 4.69) is 22.3 Å². The van der Waals surface area contributed by atoms with Gasteiger partial charge in [0, 0.05) is 31.7 Å². The number of hydrogen-bond acceptors (Lipinski definition) is 3. The van der Waals surface area contributed by atoms with Gasteiger partial charge in [-0.2, -0.15) is 5.10 Å². The fourth-order valence-corrected chi connectivity index (χ4v) is 1.33. The molecule has 0 saturated carbocycles. The average Bonchev–Trinajstić information content (AvgIpc) is 2.76. The van der Waals surface area contributed by atoms with Crippen LogP contribution in [0.15, 0.2) is 36.9 Å². The van der Waals surface area contributed by atoms with Gasteiger partial charge in [-0.15, -0.1) is 0 Å². The van der Waals surface area contributed by atoms with Crippen molar-refractivity contribution in [1.29, 1.82) is 0 Å². The van der Waals surface area contributed by atoms with Gasteiger partial charge in [-0.25, -0.2) is 0 Å². The van der Waals surface area contributed by atoms with Gasteiger partial charge in [-0.1, -0.05) is 6.07 Å². The third-order valence-corrected chi connectivity index (χ3v) is 2.18. The second kappa shape index (κ2) is 4.59. The van der Waals surface area contributed by atoms with Crippen molar-refractivity contribution in [1.82, 2.24) is 14.8 Å². The molecule has 78 valence electrons. The molecule has 1 N–H and O–H groups in total. The van der Waals surface area contributed by atoms with E-state index in [1.807, 2.05) is 35.4 Å². The molecule has 4 heteroatoms. The van der Waals surface area contributed by atoms with Gasteiger partial charge in [0.2, 0.25) is 0 Å². The zero-order valence-electron chi connectivity index (χ0n) is 8.72. The quantitative estimate of drug-likeness (QED) is 0.823. The second-order valence-corrected chi connectivity index (χ2v) is 3.30. The molecule has 0 aliphatic rings. The lowest BCUT2D eigenvalue weighted by Gasteiger charge is -2.02. The fourth-order valence-electron chi connectivity index (χ4n) is 1.33. The molecule has 0 aromatic carbocycles. The number of anilines is 1. The van der Waals surface area contributed by atoms with Crippen molar-refractivity contribution in [2.24, 2.45) is 0 Å². The van der Waals surface area contributed by atoms with E-state index in [1.54, 1.807) is 6.20 Å². The highest BCUT2D eigenvalue weighted by Gasteiger charge is 1.96.